The molecule has 0 radical (unpaired) electrons. The Balaban J connectivity index is 1.79. The molecular formula is C21H29N3O3S3. The van der Waals surface area contributed by atoms with Crippen LogP contribution in [0.25, 0.3) is 0 Å². The minimum atomic E-state index is -3.59. The predicted octanol–water partition coefficient (Wildman–Crippen LogP) is 4.25. The third-order valence-corrected chi connectivity index (χ3v) is 9.18. The van der Waals surface area contributed by atoms with Crippen LogP contribution < -0.4 is 10.2 Å². The molecule has 1 N–H and O–H groups in total. The van der Waals surface area contributed by atoms with Crippen LogP contribution in [-0.4, -0.2) is 50.6 Å². The molecule has 1 aliphatic rings. The maximum atomic E-state index is 13.0. The summed E-state index contributed by atoms with van der Waals surface area (Å²) in [6, 6.07) is 9.16. The molecule has 1 aliphatic heterocycles. The summed E-state index contributed by atoms with van der Waals surface area (Å²) in [5.74, 6) is 1.000. The fourth-order valence-corrected chi connectivity index (χ4v) is 6.70. The Kier molecular flexibility index (Phi) is 8.21. The Hall–Kier alpha value is -1.55. The monoisotopic (exact) mass is 467 g/mol. The highest BCUT2D eigenvalue weighted by molar-refractivity contribution is 7.99. The van der Waals surface area contributed by atoms with E-state index in [4.69, 9.17) is 0 Å². The molecule has 30 heavy (non-hydrogen) atoms. The van der Waals surface area contributed by atoms with E-state index in [0.29, 0.717) is 24.5 Å². The highest BCUT2D eigenvalue weighted by Gasteiger charge is 2.25. The van der Waals surface area contributed by atoms with Crippen LogP contribution in [0.1, 0.15) is 31.6 Å². The summed E-state index contributed by atoms with van der Waals surface area (Å²) in [6.45, 7) is 6.30. The highest BCUT2D eigenvalue weighted by Crippen LogP contribution is 2.32. The van der Waals surface area contributed by atoms with Crippen molar-refractivity contribution in [2.45, 2.75) is 37.3 Å². The number of hydrogen-bond donors (Lipinski definition) is 1. The molecule has 3 rings (SSSR count). The van der Waals surface area contributed by atoms with E-state index in [2.05, 4.69) is 16.3 Å². The standard InChI is InChI=1S/C21H29N3O3S3/c1-3-24(4-2)30(26,27)18-9-10-20(23-11-5-6-12-23)19(14-18)22-21(25)16-28-15-17-8-7-13-29-17/h7-10,13-14H,3-6,11-12,15-16H2,1-2H3,(H,22,25). The highest BCUT2D eigenvalue weighted by atomic mass is 32.2. The summed E-state index contributed by atoms with van der Waals surface area (Å²) in [6.07, 6.45) is 2.20. The van der Waals surface area contributed by atoms with Crippen molar-refractivity contribution in [1.29, 1.82) is 0 Å². The van der Waals surface area contributed by atoms with Crippen LogP contribution in [0.4, 0.5) is 11.4 Å². The number of thiophene rings is 1. The zero-order valence-corrected chi connectivity index (χ0v) is 19.9. The largest absolute Gasteiger partial charge is 0.370 e. The van der Waals surface area contributed by atoms with Gasteiger partial charge in [0.25, 0.3) is 0 Å². The molecule has 1 aromatic heterocycles. The van der Waals surface area contributed by atoms with Gasteiger partial charge in [0.05, 0.1) is 22.0 Å². The molecule has 1 aromatic carbocycles. The Morgan fingerprint density at radius 1 is 1.20 bits per heavy atom. The maximum Gasteiger partial charge on any atom is 0.243 e. The van der Waals surface area contributed by atoms with Gasteiger partial charge in [-0.25, -0.2) is 8.42 Å². The van der Waals surface area contributed by atoms with Gasteiger partial charge in [-0.2, -0.15) is 4.31 Å². The first-order valence-electron chi connectivity index (χ1n) is 10.2. The topological polar surface area (TPSA) is 69.7 Å². The number of nitrogens with zero attached hydrogens (tertiary/aromatic N) is 2. The van der Waals surface area contributed by atoms with Gasteiger partial charge >= 0.3 is 0 Å². The van der Waals surface area contributed by atoms with E-state index >= 15 is 0 Å². The normalized spacial score (nSPS) is 14.4. The number of rotatable bonds is 10. The number of sulfonamides is 1. The number of amides is 1. The first-order valence-corrected chi connectivity index (χ1v) is 13.7. The lowest BCUT2D eigenvalue weighted by Crippen LogP contribution is -2.31. The first kappa shape index (κ1) is 23.1. The second-order valence-electron chi connectivity index (χ2n) is 7.08. The number of nitrogens with one attached hydrogen (secondary N) is 1. The zero-order chi connectivity index (χ0) is 21.6. The molecule has 0 atom stereocenters. The van der Waals surface area contributed by atoms with Gasteiger partial charge < -0.3 is 10.2 Å². The Labute approximate surface area is 187 Å². The Morgan fingerprint density at radius 3 is 2.57 bits per heavy atom. The van der Waals surface area contributed by atoms with Crippen LogP contribution in [-0.2, 0) is 20.6 Å². The SMILES string of the molecule is CCN(CC)S(=O)(=O)c1ccc(N2CCCC2)c(NC(=O)CSCc2cccs2)c1. The van der Waals surface area contributed by atoms with Crippen LogP contribution >= 0.6 is 23.1 Å². The molecule has 1 fully saturated rings. The molecule has 2 aromatic rings. The van der Waals surface area contributed by atoms with Gasteiger partial charge in [-0.15, -0.1) is 23.1 Å². The number of anilines is 2. The summed E-state index contributed by atoms with van der Waals surface area (Å²) in [5.41, 5.74) is 1.47. The van der Waals surface area contributed by atoms with Gasteiger partial charge in [0, 0.05) is 36.8 Å². The number of carbonyl (C=O) groups is 1. The van der Waals surface area contributed by atoms with E-state index in [9.17, 15) is 13.2 Å². The zero-order valence-electron chi connectivity index (χ0n) is 17.5. The molecule has 0 spiro atoms. The summed E-state index contributed by atoms with van der Waals surface area (Å²) >= 11 is 3.24. The van der Waals surface area contributed by atoms with E-state index in [1.165, 1.54) is 9.18 Å². The summed E-state index contributed by atoms with van der Waals surface area (Å²) < 4.78 is 27.4. The third kappa shape index (κ3) is 5.57. The quantitative estimate of drug-likeness (QED) is 0.566. The Morgan fingerprint density at radius 2 is 1.93 bits per heavy atom. The lowest BCUT2D eigenvalue weighted by atomic mass is 10.2. The van der Waals surface area contributed by atoms with Crippen molar-refractivity contribution >= 4 is 50.4 Å². The van der Waals surface area contributed by atoms with E-state index < -0.39 is 10.0 Å². The molecule has 0 bridgehead atoms. The molecule has 6 nitrogen and oxygen atoms in total. The molecular weight excluding hydrogens is 438 g/mol. The average molecular weight is 468 g/mol. The van der Waals surface area contributed by atoms with Crippen molar-refractivity contribution in [3.63, 3.8) is 0 Å². The van der Waals surface area contributed by atoms with Crippen LogP contribution in [0.2, 0.25) is 0 Å². The van der Waals surface area contributed by atoms with Gasteiger partial charge in [-0.05, 0) is 42.5 Å². The van der Waals surface area contributed by atoms with Crippen LogP contribution in [0.15, 0.2) is 40.6 Å². The molecule has 0 unspecified atom stereocenters. The van der Waals surface area contributed by atoms with Crippen LogP contribution in [0.3, 0.4) is 0 Å². The number of benzene rings is 1. The second kappa shape index (κ2) is 10.7. The van der Waals surface area contributed by atoms with E-state index in [0.717, 1.165) is 37.4 Å². The van der Waals surface area contributed by atoms with Crippen molar-refractivity contribution in [2.24, 2.45) is 0 Å². The third-order valence-electron chi connectivity index (χ3n) is 5.09. The van der Waals surface area contributed by atoms with Crippen LogP contribution in [0.5, 0.6) is 0 Å². The molecule has 9 heteroatoms. The molecule has 1 saturated heterocycles. The second-order valence-corrected chi connectivity index (χ2v) is 11.0. The van der Waals surface area contributed by atoms with Crippen molar-refractivity contribution in [3.8, 4) is 0 Å². The van der Waals surface area contributed by atoms with E-state index in [1.807, 2.05) is 31.4 Å². The van der Waals surface area contributed by atoms with Crippen LogP contribution in [0, 0.1) is 0 Å². The van der Waals surface area contributed by atoms with E-state index in [-0.39, 0.29) is 10.8 Å². The minimum Gasteiger partial charge on any atom is -0.370 e. The molecule has 0 saturated carbocycles. The summed E-state index contributed by atoms with van der Waals surface area (Å²) in [4.78, 5) is 16.3. The van der Waals surface area contributed by atoms with Crippen molar-refractivity contribution in [1.82, 2.24) is 4.31 Å². The number of carbonyl (C=O) groups excluding carboxylic acids is 1. The number of hydrogen-bond acceptors (Lipinski definition) is 6. The lowest BCUT2D eigenvalue weighted by Gasteiger charge is -2.24. The average Bonchev–Trinajstić information content (AvgIpc) is 3.43. The Bertz CT molecular complexity index is 936. The fourth-order valence-electron chi connectivity index (χ4n) is 3.55. The van der Waals surface area contributed by atoms with Crippen molar-refractivity contribution in [2.75, 3.05) is 42.1 Å². The van der Waals surface area contributed by atoms with Crippen molar-refractivity contribution in [3.05, 3.63) is 40.6 Å². The summed E-state index contributed by atoms with van der Waals surface area (Å²) in [5, 5.41) is 5.00. The maximum absolute atomic E-state index is 13.0. The van der Waals surface area contributed by atoms with Gasteiger partial charge in [0.1, 0.15) is 0 Å². The lowest BCUT2D eigenvalue weighted by molar-refractivity contribution is -0.113. The molecule has 1 amide bonds. The molecule has 2 heterocycles. The van der Waals surface area contributed by atoms with Crippen molar-refractivity contribution < 1.29 is 13.2 Å². The number of thioether (sulfide) groups is 1. The van der Waals surface area contributed by atoms with Gasteiger partial charge in [-0.3, -0.25) is 4.79 Å². The first-order chi connectivity index (χ1) is 14.5. The van der Waals surface area contributed by atoms with Gasteiger partial charge in [0.2, 0.25) is 15.9 Å². The minimum absolute atomic E-state index is 0.116. The van der Waals surface area contributed by atoms with E-state index in [1.54, 1.807) is 35.2 Å². The van der Waals surface area contributed by atoms with Gasteiger partial charge in [-0.1, -0.05) is 19.9 Å². The fraction of sp³-hybridized carbons (Fsp3) is 0.476. The van der Waals surface area contributed by atoms with Gasteiger partial charge in [0.15, 0.2) is 0 Å². The molecule has 0 aliphatic carbocycles. The smallest absolute Gasteiger partial charge is 0.243 e. The predicted molar refractivity (Wildman–Crippen MR) is 127 cm³/mol. The summed E-state index contributed by atoms with van der Waals surface area (Å²) in [7, 11) is -3.59. The molecule has 164 valence electrons.